The lowest BCUT2D eigenvalue weighted by atomic mass is 10.0. The molecule has 0 saturated carbocycles. The Labute approximate surface area is 214 Å². The molecule has 1 aliphatic heterocycles. The minimum absolute atomic E-state index is 0.00484. The third-order valence-corrected chi connectivity index (χ3v) is 6.31. The smallest absolute Gasteiger partial charge is 0.305 e. The van der Waals surface area contributed by atoms with E-state index in [9.17, 15) is 24.3 Å². The van der Waals surface area contributed by atoms with Gasteiger partial charge in [0.25, 0.3) is 5.24 Å². The van der Waals surface area contributed by atoms with Crippen LogP contribution in [-0.4, -0.2) is 46.2 Å². The fraction of sp³-hybridized carbons (Fsp3) is 0.400. The molecule has 1 fully saturated rings. The minimum atomic E-state index is -1.06. The molecule has 1 aliphatic rings. The molecule has 2 aromatic rings. The number of aromatic nitrogens is 1. The van der Waals surface area contributed by atoms with Gasteiger partial charge in [-0.2, -0.15) is 0 Å². The van der Waals surface area contributed by atoms with Crippen molar-refractivity contribution < 1.29 is 24.3 Å². The monoisotopic (exact) mass is 513 g/mol. The summed E-state index contributed by atoms with van der Waals surface area (Å²) in [5.41, 5.74) is 1.68. The average molecular weight is 514 g/mol. The zero-order valence-corrected chi connectivity index (χ0v) is 21.1. The first-order valence-corrected chi connectivity index (χ1v) is 12.6. The SMILES string of the molecule is CC(C)CCNSC(=O)Nc1cccc(N2CC(C(=O)NC(CC(=O)O)c3cccnc3)CC2=O)c1. The molecule has 3 rings (SSSR count). The van der Waals surface area contributed by atoms with Gasteiger partial charge in [0.15, 0.2) is 0 Å². The van der Waals surface area contributed by atoms with Crippen molar-refractivity contribution in [1.29, 1.82) is 0 Å². The van der Waals surface area contributed by atoms with E-state index >= 15 is 0 Å². The summed E-state index contributed by atoms with van der Waals surface area (Å²) in [5, 5.41) is 14.5. The Balaban J connectivity index is 1.60. The lowest BCUT2D eigenvalue weighted by Gasteiger charge is -2.20. The fourth-order valence-electron chi connectivity index (χ4n) is 3.79. The maximum absolute atomic E-state index is 12.9. The summed E-state index contributed by atoms with van der Waals surface area (Å²) in [6.07, 6.45) is 3.74. The number of rotatable bonds is 11. The van der Waals surface area contributed by atoms with Crippen molar-refractivity contribution in [2.24, 2.45) is 11.8 Å². The van der Waals surface area contributed by atoms with E-state index in [0.29, 0.717) is 22.9 Å². The normalized spacial score (nSPS) is 16.1. The Morgan fingerprint density at radius 2 is 2.03 bits per heavy atom. The quantitative estimate of drug-likeness (QED) is 0.264. The van der Waals surface area contributed by atoms with E-state index in [0.717, 1.165) is 24.9 Å². The van der Waals surface area contributed by atoms with Crippen LogP contribution in [0.2, 0.25) is 0 Å². The Bertz CT molecular complexity index is 1080. The lowest BCUT2D eigenvalue weighted by molar-refractivity contribution is -0.138. The number of pyridine rings is 1. The zero-order valence-electron chi connectivity index (χ0n) is 20.3. The number of hydrogen-bond acceptors (Lipinski definition) is 7. The maximum Gasteiger partial charge on any atom is 0.305 e. The van der Waals surface area contributed by atoms with Crippen LogP contribution in [0.3, 0.4) is 0 Å². The Hall–Kier alpha value is -3.44. The van der Waals surface area contributed by atoms with Gasteiger partial charge >= 0.3 is 5.97 Å². The zero-order chi connectivity index (χ0) is 26.1. The van der Waals surface area contributed by atoms with Crippen molar-refractivity contribution in [1.82, 2.24) is 15.0 Å². The van der Waals surface area contributed by atoms with Crippen molar-refractivity contribution >= 4 is 46.3 Å². The summed E-state index contributed by atoms with van der Waals surface area (Å²) < 4.78 is 3.03. The van der Waals surface area contributed by atoms with E-state index in [-0.39, 0.29) is 30.5 Å². The van der Waals surface area contributed by atoms with Crippen LogP contribution in [0.5, 0.6) is 0 Å². The number of aliphatic carboxylic acids is 1. The second kappa shape index (κ2) is 13.0. The van der Waals surface area contributed by atoms with Crippen molar-refractivity contribution in [3.8, 4) is 0 Å². The molecule has 0 aliphatic carbocycles. The van der Waals surface area contributed by atoms with Crippen molar-refractivity contribution in [2.75, 3.05) is 23.3 Å². The number of benzene rings is 1. The summed E-state index contributed by atoms with van der Waals surface area (Å²) in [7, 11) is 0. The molecule has 10 nitrogen and oxygen atoms in total. The number of carboxylic acid groups (broad SMARTS) is 1. The van der Waals surface area contributed by atoms with E-state index in [1.54, 1.807) is 42.6 Å². The van der Waals surface area contributed by atoms with Gasteiger partial charge in [0.2, 0.25) is 11.8 Å². The number of anilines is 2. The van der Waals surface area contributed by atoms with Crippen LogP contribution in [0.15, 0.2) is 48.8 Å². The predicted molar refractivity (Wildman–Crippen MR) is 138 cm³/mol. The van der Waals surface area contributed by atoms with Crippen molar-refractivity contribution in [3.05, 3.63) is 54.4 Å². The predicted octanol–water partition coefficient (Wildman–Crippen LogP) is 3.58. The molecule has 1 aromatic heterocycles. The second-order valence-corrected chi connectivity index (χ2v) is 9.86. The van der Waals surface area contributed by atoms with Crippen LogP contribution < -0.4 is 20.3 Å². The van der Waals surface area contributed by atoms with Crippen LogP contribution in [0.25, 0.3) is 0 Å². The largest absolute Gasteiger partial charge is 0.481 e. The van der Waals surface area contributed by atoms with Crippen LogP contribution in [0, 0.1) is 11.8 Å². The van der Waals surface area contributed by atoms with Crippen LogP contribution in [0.4, 0.5) is 16.2 Å². The number of hydrogen-bond donors (Lipinski definition) is 4. The van der Waals surface area contributed by atoms with Gasteiger partial charge in [-0.25, -0.2) is 0 Å². The van der Waals surface area contributed by atoms with Gasteiger partial charge in [-0.1, -0.05) is 26.0 Å². The van der Waals surface area contributed by atoms with Gasteiger partial charge in [-0.3, -0.25) is 28.9 Å². The number of amides is 3. The summed E-state index contributed by atoms with van der Waals surface area (Å²) in [4.78, 5) is 54.7. The first-order chi connectivity index (χ1) is 17.2. The van der Waals surface area contributed by atoms with Crippen molar-refractivity contribution in [2.45, 2.75) is 39.2 Å². The first kappa shape index (κ1) is 27.2. The highest BCUT2D eigenvalue weighted by molar-refractivity contribution is 8.12. The highest BCUT2D eigenvalue weighted by Crippen LogP contribution is 2.28. The van der Waals surface area contributed by atoms with Gasteiger partial charge in [-0.15, -0.1) is 0 Å². The van der Waals surface area contributed by atoms with E-state index in [1.165, 1.54) is 11.1 Å². The average Bonchev–Trinajstić information content (AvgIpc) is 3.23. The van der Waals surface area contributed by atoms with Gasteiger partial charge in [0.1, 0.15) is 0 Å². The molecule has 36 heavy (non-hydrogen) atoms. The molecule has 0 radical (unpaired) electrons. The molecule has 4 N–H and O–H groups in total. The summed E-state index contributed by atoms with van der Waals surface area (Å²) in [6, 6.07) is 9.50. The second-order valence-electron chi connectivity index (χ2n) is 8.99. The third kappa shape index (κ3) is 8.06. The lowest BCUT2D eigenvalue weighted by Crippen LogP contribution is -2.36. The molecule has 2 heterocycles. The topological polar surface area (TPSA) is 141 Å². The van der Waals surface area contributed by atoms with Crippen LogP contribution >= 0.6 is 11.9 Å². The number of carbonyl (C=O) groups is 4. The summed E-state index contributed by atoms with van der Waals surface area (Å²) >= 11 is 0.984. The third-order valence-electron chi connectivity index (χ3n) is 5.67. The van der Waals surface area contributed by atoms with Crippen molar-refractivity contribution in [3.63, 3.8) is 0 Å². The molecule has 192 valence electrons. The summed E-state index contributed by atoms with van der Waals surface area (Å²) in [6.45, 7) is 5.10. The number of carbonyl (C=O) groups excluding carboxylic acids is 3. The van der Waals surface area contributed by atoms with E-state index < -0.39 is 23.8 Å². The molecule has 0 spiro atoms. The first-order valence-electron chi connectivity index (χ1n) is 11.8. The Morgan fingerprint density at radius 1 is 1.22 bits per heavy atom. The standard InChI is InChI=1S/C25H31N5O5S/c1-16(2)8-10-27-36-25(35)28-19-6-3-7-20(12-19)30-15-18(11-22(30)31)24(34)29-21(13-23(32)33)17-5-4-9-26-14-17/h3-7,9,12,14,16,18,21,27H,8,10-11,13,15H2,1-2H3,(H,28,35)(H,29,34)(H,32,33). The molecule has 2 unspecified atom stereocenters. The molecule has 11 heteroatoms. The molecule has 0 bridgehead atoms. The van der Waals surface area contributed by atoms with Gasteiger partial charge in [-0.05, 0) is 42.2 Å². The van der Waals surface area contributed by atoms with E-state index in [4.69, 9.17) is 0 Å². The number of nitrogens with one attached hydrogen (secondary N) is 3. The molecule has 3 amide bonds. The maximum atomic E-state index is 12.9. The summed E-state index contributed by atoms with van der Waals surface area (Å²) in [5.74, 6) is -1.76. The van der Waals surface area contributed by atoms with E-state index in [1.807, 2.05) is 0 Å². The van der Waals surface area contributed by atoms with Gasteiger partial charge < -0.3 is 20.6 Å². The number of carboxylic acids is 1. The minimum Gasteiger partial charge on any atom is -0.481 e. The highest BCUT2D eigenvalue weighted by atomic mass is 32.2. The Morgan fingerprint density at radius 3 is 2.72 bits per heavy atom. The molecule has 1 saturated heterocycles. The molecular formula is C25H31N5O5S. The molecule has 1 aromatic carbocycles. The van der Waals surface area contributed by atoms with Gasteiger partial charge in [0.05, 0.1) is 18.4 Å². The van der Waals surface area contributed by atoms with Gasteiger partial charge in [0, 0.05) is 55.2 Å². The van der Waals surface area contributed by atoms with E-state index in [2.05, 4.69) is 34.2 Å². The highest BCUT2D eigenvalue weighted by Gasteiger charge is 2.36. The van der Waals surface area contributed by atoms with Crippen LogP contribution in [0.1, 0.15) is 44.7 Å². The Kier molecular flexibility index (Phi) is 9.83. The van der Waals surface area contributed by atoms with Crippen LogP contribution in [-0.2, 0) is 14.4 Å². The molecule has 2 atom stereocenters. The number of nitrogens with zero attached hydrogens (tertiary/aromatic N) is 2. The fourth-order valence-corrected chi connectivity index (χ4v) is 4.31. The molecular weight excluding hydrogens is 482 g/mol.